The van der Waals surface area contributed by atoms with E-state index in [0.29, 0.717) is 17.8 Å². The Morgan fingerprint density at radius 3 is 2.60 bits per heavy atom. The van der Waals surface area contributed by atoms with Gasteiger partial charge in [-0.15, -0.1) is 11.3 Å². The molecule has 3 aromatic rings. The second-order valence-electron chi connectivity index (χ2n) is 7.18. The predicted molar refractivity (Wildman–Crippen MR) is 120 cm³/mol. The van der Waals surface area contributed by atoms with E-state index in [4.69, 9.17) is 0 Å². The third-order valence-corrected chi connectivity index (χ3v) is 6.17. The molecule has 0 radical (unpaired) electrons. The molecule has 1 aromatic heterocycles. The van der Waals surface area contributed by atoms with E-state index in [1.54, 1.807) is 13.0 Å². The Morgan fingerprint density at radius 1 is 1.07 bits per heavy atom. The summed E-state index contributed by atoms with van der Waals surface area (Å²) >= 11 is 1.82. The Morgan fingerprint density at radius 2 is 1.83 bits per heavy atom. The van der Waals surface area contributed by atoms with Crippen LogP contribution in [0.3, 0.4) is 0 Å². The first kappa shape index (κ1) is 20.0. The van der Waals surface area contributed by atoms with Gasteiger partial charge in [-0.3, -0.25) is 9.59 Å². The summed E-state index contributed by atoms with van der Waals surface area (Å²) in [5, 5.41) is 17.7. The van der Waals surface area contributed by atoms with Crippen molar-refractivity contribution in [3.8, 4) is 5.75 Å². The minimum atomic E-state index is -0.436. The molecule has 0 bridgehead atoms. The number of carbonyl (C=O) groups excluding carboxylic acids is 2. The molecule has 2 amide bonds. The molecule has 0 unspecified atom stereocenters. The summed E-state index contributed by atoms with van der Waals surface area (Å²) in [6.07, 6.45) is 1.38. The van der Waals surface area contributed by atoms with Crippen molar-refractivity contribution < 1.29 is 14.7 Å². The summed E-state index contributed by atoms with van der Waals surface area (Å²) in [6.45, 7) is 3.62. The summed E-state index contributed by atoms with van der Waals surface area (Å²) < 4.78 is 0. The number of hydrogen-bond donors (Lipinski definition) is 3. The van der Waals surface area contributed by atoms with Gasteiger partial charge in [-0.2, -0.15) is 0 Å². The Labute approximate surface area is 179 Å². The van der Waals surface area contributed by atoms with E-state index in [2.05, 4.69) is 27.0 Å². The highest BCUT2D eigenvalue weighted by Gasteiger charge is 2.18. The highest BCUT2D eigenvalue weighted by atomic mass is 32.1. The van der Waals surface area contributed by atoms with Crippen molar-refractivity contribution in [2.75, 3.05) is 22.1 Å². The molecule has 3 N–H and O–H groups in total. The molecule has 1 aliphatic heterocycles. The zero-order valence-corrected chi connectivity index (χ0v) is 17.5. The molecule has 0 saturated carbocycles. The van der Waals surface area contributed by atoms with Crippen molar-refractivity contribution in [2.24, 2.45) is 0 Å². The van der Waals surface area contributed by atoms with E-state index >= 15 is 0 Å². The molecule has 6 nitrogen and oxygen atoms in total. The van der Waals surface area contributed by atoms with Crippen LogP contribution in [0.4, 0.5) is 17.1 Å². The summed E-state index contributed by atoms with van der Waals surface area (Å²) in [5.74, 6) is -0.734. The summed E-state index contributed by atoms with van der Waals surface area (Å²) in [4.78, 5) is 28.0. The number of thiophene rings is 1. The Hall–Kier alpha value is -3.32. The highest BCUT2D eigenvalue weighted by molar-refractivity contribution is 7.10. The number of rotatable bonds is 5. The molecule has 7 heteroatoms. The Kier molecular flexibility index (Phi) is 5.72. The fourth-order valence-corrected chi connectivity index (χ4v) is 4.36. The number of nitrogens with one attached hydrogen (secondary N) is 2. The van der Waals surface area contributed by atoms with Gasteiger partial charge in [-0.1, -0.05) is 6.92 Å². The quantitative estimate of drug-likeness (QED) is 0.525. The molecule has 0 aliphatic carbocycles. The van der Waals surface area contributed by atoms with Crippen LogP contribution in [0.25, 0.3) is 0 Å². The van der Waals surface area contributed by atoms with Gasteiger partial charge in [0, 0.05) is 41.4 Å². The van der Waals surface area contributed by atoms with E-state index < -0.39 is 5.91 Å². The first-order valence-electron chi connectivity index (χ1n) is 9.88. The van der Waals surface area contributed by atoms with Crippen molar-refractivity contribution >= 4 is 40.2 Å². The maximum Gasteiger partial charge on any atom is 0.259 e. The van der Waals surface area contributed by atoms with Crippen LogP contribution >= 0.6 is 11.3 Å². The van der Waals surface area contributed by atoms with Gasteiger partial charge in [0.25, 0.3) is 5.91 Å². The topological polar surface area (TPSA) is 81.7 Å². The molecule has 30 heavy (non-hydrogen) atoms. The van der Waals surface area contributed by atoms with Crippen LogP contribution in [0, 0.1) is 0 Å². The average Bonchev–Trinajstić information content (AvgIpc) is 3.23. The maximum atomic E-state index is 12.6. The van der Waals surface area contributed by atoms with Crippen LogP contribution < -0.4 is 15.5 Å². The average molecular weight is 422 g/mol. The fraction of sp³-hybridized carbons (Fsp3) is 0.217. The Balaban J connectivity index is 1.44. The lowest BCUT2D eigenvalue weighted by molar-refractivity contribution is -0.115. The number of benzene rings is 2. The standard InChI is InChI=1S/C23H23N3O3S/c1-2-22(28)24-17-5-8-20(27)19(13-17)23(29)25-16-3-6-18(7-4-16)26-11-9-21-15(14-26)10-12-30-21/h3-8,10,12-13,27H,2,9,11,14H2,1H3,(H,24,28)(H,25,29). The van der Waals surface area contributed by atoms with Gasteiger partial charge in [0.2, 0.25) is 5.91 Å². The smallest absolute Gasteiger partial charge is 0.259 e. The summed E-state index contributed by atoms with van der Waals surface area (Å²) in [6, 6.07) is 14.3. The fourth-order valence-electron chi connectivity index (χ4n) is 3.47. The molecule has 2 heterocycles. The maximum absolute atomic E-state index is 12.6. The number of phenols is 1. The number of phenolic OH excluding ortho intramolecular Hbond substituents is 1. The van der Waals surface area contributed by atoms with Gasteiger partial charge in [0.05, 0.1) is 5.56 Å². The summed E-state index contributed by atoms with van der Waals surface area (Å²) in [7, 11) is 0. The van der Waals surface area contributed by atoms with Crippen molar-refractivity contribution in [2.45, 2.75) is 26.3 Å². The van der Waals surface area contributed by atoms with E-state index in [0.717, 1.165) is 25.2 Å². The molecule has 0 fully saturated rings. The molecule has 1 aliphatic rings. The number of aromatic hydroxyl groups is 1. The zero-order chi connectivity index (χ0) is 21.1. The monoisotopic (exact) mass is 421 g/mol. The second-order valence-corrected chi connectivity index (χ2v) is 8.18. The lowest BCUT2D eigenvalue weighted by Gasteiger charge is -2.29. The molecular weight excluding hydrogens is 398 g/mol. The minimum absolute atomic E-state index is 0.106. The molecule has 2 aromatic carbocycles. The number of amides is 2. The van der Waals surface area contributed by atoms with Gasteiger partial charge in [0.1, 0.15) is 5.75 Å². The Bertz CT molecular complexity index is 1080. The highest BCUT2D eigenvalue weighted by Crippen LogP contribution is 2.29. The van der Waals surface area contributed by atoms with Crippen LogP contribution in [0.2, 0.25) is 0 Å². The largest absolute Gasteiger partial charge is 0.507 e. The van der Waals surface area contributed by atoms with E-state index in [-0.39, 0.29) is 17.2 Å². The number of fused-ring (bicyclic) bond motifs is 1. The first-order chi connectivity index (χ1) is 14.5. The normalized spacial score (nSPS) is 12.9. The van der Waals surface area contributed by atoms with Gasteiger partial charge < -0.3 is 20.6 Å². The molecule has 4 rings (SSSR count). The molecule has 0 atom stereocenters. The predicted octanol–water partition coefficient (Wildman–Crippen LogP) is 4.62. The van der Waals surface area contributed by atoms with Gasteiger partial charge in [-0.05, 0) is 65.9 Å². The van der Waals surface area contributed by atoms with Crippen LogP contribution in [-0.2, 0) is 17.8 Å². The van der Waals surface area contributed by atoms with Crippen molar-refractivity contribution in [1.82, 2.24) is 0 Å². The van der Waals surface area contributed by atoms with Crippen LogP contribution in [0.5, 0.6) is 5.75 Å². The molecule has 0 saturated heterocycles. The SMILES string of the molecule is CCC(=O)Nc1ccc(O)c(C(=O)Nc2ccc(N3CCc4sccc4C3)cc2)c1. The lowest BCUT2D eigenvalue weighted by atomic mass is 10.1. The summed E-state index contributed by atoms with van der Waals surface area (Å²) in [5.41, 5.74) is 3.71. The van der Waals surface area contributed by atoms with Crippen molar-refractivity contribution in [3.63, 3.8) is 0 Å². The van der Waals surface area contributed by atoms with E-state index in [9.17, 15) is 14.7 Å². The van der Waals surface area contributed by atoms with Gasteiger partial charge in [0.15, 0.2) is 0 Å². The lowest BCUT2D eigenvalue weighted by Crippen LogP contribution is -2.29. The van der Waals surface area contributed by atoms with Crippen LogP contribution in [-0.4, -0.2) is 23.5 Å². The van der Waals surface area contributed by atoms with E-state index in [1.165, 1.54) is 22.6 Å². The van der Waals surface area contributed by atoms with Gasteiger partial charge in [-0.25, -0.2) is 0 Å². The molecule has 0 spiro atoms. The van der Waals surface area contributed by atoms with Crippen molar-refractivity contribution in [1.29, 1.82) is 0 Å². The number of carbonyl (C=O) groups is 2. The number of hydrogen-bond acceptors (Lipinski definition) is 5. The first-order valence-corrected chi connectivity index (χ1v) is 10.8. The van der Waals surface area contributed by atoms with Gasteiger partial charge >= 0.3 is 0 Å². The van der Waals surface area contributed by atoms with Crippen LogP contribution in [0.15, 0.2) is 53.9 Å². The number of anilines is 3. The number of nitrogens with zero attached hydrogens (tertiary/aromatic N) is 1. The molecule has 154 valence electrons. The second kappa shape index (κ2) is 8.59. The third kappa shape index (κ3) is 4.31. The minimum Gasteiger partial charge on any atom is -0.507 e. The van der Waals surface area contributed by atoms with E-state index in [1.807, 2.05) is 35.6 Å². The third-order valence-electron chi connectivity index (χ3n) is 5.14. The zero-order valence-electron chi connectivity index (χ0n) is 16.6. The van der Waals surface area contributed by atoms with Crippen LogP contribution in [0.1, 0.15) is 34.1 Å². The molecular formula is C23H23N3O3S. The van der Waals surface area contributed by atoms with Crippen molar-refractivity contribution in [3.05, 3.63) is 69.9 Å².